The third-order valence-corrected chi connectivity index (χ3v) is 5.61. The zero-order valence-corrected chi connectivity index (χ0v) is 17.2. The van der Waals surface area contributed by atoms with Gasteiger partial charge in [-0.3, -0.25) is 9.59 Å². The molecule has 0 spiro atoms. The highest BCUT2D eigenvalue weighted by atomic mass is 19.1. The van der Waals surface area contributed by atoms with Gasteiger partial charge >= 0.3 is 0 Å². The van der Waals surface area contributed by atoms with Crippen molar-refractivity contribution in [1.82, 2.24) is 9.80 Å². The minimum atomic E-state index is -0.397. The summed E-state index contributed by atoms with van der Waals surface area (Å²) in [5.74, 6) is 0.180. The third-order valence-electron chi connectivity index (χ3n) is 5.61. The Balaban J connectivity index is 1.47. The smallest absolute Gasteiger partial charge is 0.290 e. The van der Waals surface area contributed by atoms with Gasteiger partial charge in [0.25, 0.3) is 11.8 Å². The summed E-state index contributed by atoms with van der Waals surface area (Å²) in [5, 5.41) is 0.841. The highest BCUT2D eigenvalue weighted by Gasteiger charge is 2.29. The van der Waals surface area contributed by atoms with E-state index in [1.54, 1.807) is 48.1 Å². The first-order valence-corrected chi connectivity index (χ1v) is 9.81. The van der Waals surface area contributed by atoms with Crippen LogP contribution in [0.15, 0.2) is 40.8 Å². The van der Waals surface area contributed by atoms with E-state index in [0.717, 1.165) is 10.9 Å². The van der Waals surface area contributed by atoms with Crippen LogP contribution in [0.2, 0.25) is 0 Å². The number of rotatable bonds is 3. The van der Waals surface area contributed by atoms with E-state index in [1.165, 1.54) is 6.07 Å². The monoisotopic (exact) mass is 410 g/mol. The molecule has 1 aliphatic heterocycles. The quantitative estimate of drug-likeness (QED) is 0.659. The van der Waals surface area contributed by atoms with Gasteiger partial charge in [0.2, 0.25) is 0 Å². The lowest BCUT2D eigenvalue weighted by molar-refractivity contribution is 0.0518. The molecule has 0 N–H and O–H groups in total. The number of fused-ring (bicyclic) bond motifs is 1. The van der Waals surface area contributed by atoms with Crippen molar-refractivity contribution in [2.75, 3.05) is 33.3 Å². The normalized spacial score (nSPS) is 14.3. The molecule has 1 fully saturated rings. The topological polar surface area (TPSA) is 63.0 Å². The van der Waals surface area contributed by atoms with Gasteiger partial charge in [0.15, 0.2) is 5.76 Å². The predicted octanol–water partition coefficient (Wildman–Crippen LogP) is 3.80. The van der Waals surface area contributed by atoms with E-state index < -0.39 is 5.82 Å². The minimum Gasteiger partial charge on any atom is -0.497 e. The van der Waals surface area contributed by atoms with Crippen molar-refractivity contribution in [3.05, 3.63) is 64.7 Å². The molecule has 0 unspecified atom stereocenters. The summed E-state index contributed by atoms with van der Waals surface area (Å²) >= 11 is 0. The molecular weight excluding hydrogens is 387 g/mol. The first-order chi connectivity index (χ1) is 14.4. The molecule has 1 aromatic heterocycles. The number of methoxy groups -OCH3 is 1. The Hall–Kier alpha value is -3.35. The van der Waals surface area contributed by atoms with Crippen molar-refractivity contribution in [3.8, 4) is 5.75 Å². The molecule has 6 nitrogen and oxygen atoms in total. The number of piperazine rings is 1. The third kappa shape index (κ3) is 3.51. The molecule has 0 bridgehead atoms. The summed E-state index contributed by atoms with van der Waals surface area (Å²) < 4.78 is 24.9. The molecule has 0 radical (unpaired) electrons. The predicted molar refractivity (Wildman–Crippen MR) is 110 cm³/mol. The van der Waals surface area contributed by atoms with Gasteiger partial charge in [-0.2, -0.15) is 0 Å². The summed E-state index contributed by atoms with van der Waals surface area (Å²) in [6.07, 6.45) is 0. The average molecular weight is 410 g/mol. The lowest BCUT2D eigenvalue weighted by atomic mass is 10.1. The summed E-state index contributed by atoms with van der Waals surface area (Å²) in [6, 6.07) is 9.92. The van der Waals surface area contributed by atoms with Gasteiger partial charge < -0.3 is 19.0 Å². The summed E-state index contributed by atoms with van der Waals surface area (Å²) in [5.41, 5.74) is 2.22. The Labute approximate surface area is 173 Å². The molecule has 30 heavy (non-hydrogen) atoms. The molecule has 156 valence electrons. The number of nitrogens with zero attached hydrogens (tertiary/aromatic N) is 2. The van der Waals surface area contributed by atoms with Crippen LogP contribution in [0.4, 0.5) is 4.39 Å². The number of aryl methyl sites for hydroxylation is 2. The highest BCUT2D eigenvalue weighted by molar-refractivity contribution is 5.99. The maximum atomic E-state index is 13.8. The van der Waals surface area contributed by atoms with E-state index in [-0.39, 0.29) is 11.8 Å². The molecule has 0 atom stereocenters. The van der Waals surface area contributed by atoms with Crippen molar-refractivity contribution >= 4 is 22.8 Å². The number of hydrogen-bond donors (Lipinski definition) is 0. The van der Waals surface area contributed by atoms with Crippen LogP contribution in [0.3, 0.4) is 0 Å². The molecule has 3 aromatic rings. The van der Waals surface area contributed by atoms with Crippen LogP contribution in [0.1, 0.15) is 32.0 Å². The molecule has 4 rings (SSSR count). The Morgan fingerprint density at radius 3 is 2.27 bits per heavy atom. The van der Waals surface area contributed by atoms with Crippen LogP contribution in [0.25, 0.3) is 11.0 Å². The van der Waals surface area contributed by atoms with Gasteiger partial charge in [0.05, 0.1) is 7.11 Å². The van der Waals surface area contributed by atoms with Crippen LogP contribution in [0, 0.1) is 19.7 Å². The van der Waals surface area contributed by atoms with Crippen molar-refractivity contribution in [2.24, 2.45) is 0 Å². The Kier molecular flexibility index (Phi) is 5.20. The average Bonchev–Trinajstić information content (AvgIpc) is 3.10. The fraction of sp³-hybridized carbons (Fsp3) is 0.304. The fourth-order valence-corrected chi connectivity index (χ4v) is 3.70. The molecule has 2 heterocycles. The van der Waals surface area contributed by atoms with Crippen LogP contribution in [-0.2, 0) is 0 Å². The van der Waals surface area contributed by atoms with E-state index in [1.807, 2.05) is 13.0 Å². The van der Waals surface area contributed by atoms with Crippen molar-refractivity contribution in [2.45, 2.75) is 13.8 Å². The standard InChI is InChI=1S/C23H23FN2O4/c1-14-4-5-16(12-19(14)24)22(27)25-8-10-26(11-9-25)23(28)21-15(2)18-13-17(29-3)6-7-20(18)30-21/h4-7,12-13H,8-11H2,1-3H3. The Morgan fingerprint density at radius 1 is 0.967 bits per heavy atom. The van der Waals surface area contributed by atoms with Crippen LogP contribution in [0.5, 0.6) is 5.75 Å². The van der Waals surface area contributed by atoms with Gasteiger partial charge in [-0.05, 0) is 49.7 Å². The number of ether oxygens (including phenoxy) is 1. The SMILES string of the molecule is COc1ccc2oc(C(=O)N3CCN(C(=O)c4ccc(C)c(F)c4)CC3)c(C)c2c1. The summed E-state index contributed by atoms with van der Waals surface area (Å²) in [6.45, 7) is 5.05. The van der Waals surface area contributed by atoms with E-state index in [2.05, 4.69) is 0 Å². The fourth-order valence-electron chi connectivity index (χ4n) is 3.70. The molecule has 2 amide bonds. The van der Waals surface area contributed by atoms with Crippen LogP contribution >= 0.6 is 0 Å². The first-order valence-electron chi connectivity index (χ1n) is 9.81. The minimum absolute atomic E-state index is 0.198. The lowest BCUT2D eigenvalue weighted by Gasteiger charge is -2.34. The second kappa shape index (κ2) is 7.82. The number of hydrogen-bond acceptors (Lipinski definition) is 4. The number of carbonyl (C=O) groups excluding carboxylic acids is 2. The molecule has 2 aromatic carbocycles. The summed E-state index contributed by atoms with van der Waals surface area (Å²) in [4.78, 5) is 29.0. The van der Waals surface area contributed by atoms with Crippen molar-refractivity contribution < 1.29 is 23.1 Å². The number of halogens is 1. The maximum Gasteiger partial charge on any atom is 0.290 e. The number of furan rings is 1. The van der Waals surface area contributed by atoms with E-state index in [9.17, 15) is 14.0 Å². The van der Waals surface area contributed by atoms with Gasteiger partial charge in [-0.25, -0.2) is 4.39 Å². The van der Waals surface area contributed by atoms with Gasteiger partial charge in [0, 0.05) is 42.7 Å². The second-order valence-corrected chi connectivity index (χ2v) is 7.47. The zero-order valence-electron chi connectivity index (χ0n) is 17.2. The summed E-state index contributed by atoms with van der Waals surface area (Å²) in [7, 11) is 1.59. The largest absolute Gasteiger partial charge is 0.497 e. The Morgan fingerprint density at radius 2 is 1.63 bits per heavy atom. The number of amides is 2. The molecule has 1 aliphatic rings. The number of benzene rings is 2. The van der Waals surface area contributed by atoms with Crippen molar-refractivity contribution in [1.29, 1.82) is 0 Å². The van der Waals surface area contributed by atoms with Crippen LogP contribution < -0.4 is 4.74 Å². The van der Waals surface area contributed by atoms with Gasteiger partial charge in [-0.15, -0.1) is 0 Å². The van der Waals surface area contributed by atoms with E-state index >= 15 is 0 Å². The van der Waals surface area contributed by atoms with Crippen LogP contribution in [-0.4, -0.2) is 54.9 Å². The van der Waals surface area contributed by atoms with E-state index in [4.69, 9.17) is 9.15 Å². The second-order valence-electron chi connectivity index (χ2n) is 7.47. The molecular formula is C23H23FN2O4. The number of carbonyl (C=O) groups is 2. The zero-order chi connectivity index (χ0) is 21.4. The van der Waals surface area contributed by atoms with Crippen molar-refractivity contribution in [3.63, 3.8) is 0 Å². The first kappa shape index (κ1) is 19.9. The van der Waals surface area contributed by atoms with Gasteiger partial charge in [0.1, 0.15) is 17.1 Å². The lowest BCUT2D eigenvalue weighted by Crippen LogP contribution is -2.50. The van der Waals surface area contributed by atoms with E-state index in [0.29, 0.717) is 54.4 Å². The molecule has 0 saturated carbocycles. The maximum absolute atomic E-state index is 13.8. The van der Waals surface area contributed by atoms with Gasteiger partial charge in [-0.1, -0.05) is 6.07 Å². The highest BCUT2D eigenvalue weighted by Crippen LogP contribution is 2.29. The Bertz CT molecular complexity index is 1130. The molecule has 0 aliphatic carbocycles. The molecule has 1 saturated heterocycles. The molecule has 7 heteroatoms.